The predicted octanol–water partition coefficient (Wildman–Crippen LogP) is 1.66. The van der Waals surface area contributed by atoms with E-state index < -0.39 is 12.2 Å². The summed E-state index contributed by atoms with van der Waals surface area (Å²) in [7, 11) is 0. The Hall–Kier alpha value is -0.230. The van der Waals surface area contributed by atoms with Gasteiger partial charge in [-0.25, -0.2) is 0 Å². The maximum Gasteiger partial charge on any atom is 0.160 e. The Morgan fingerprint density at radius 2 is 2.29 bits per heavy atom. The number of rotatable bonds is 4. The minimum Gasteiger partial charge on any atom is -0.389 e. The zero-order valence-electron chi connectivity index (χ0n) is 7.61. The van der Waals surface area contributed by atoms with Crippen molar-refractivity contribution in [2.75, 3.05) is 5.33 Å². The first kappa shape index (κ1) is 11.8. The van der Waals surface area contributed by atoms with Gasteiger partial charge in [0.15, 0.2) is 6.29 Å². The van der Waals surface area contributed by atoms with Crippen LogP contribution in [0.1, 0.15) is 26.2 Å². The first-order valence-corrected chi connectivity index (χ1v) is 6.01. The Bertz CT molecular complexity index is 324. The number of aliphatic hydroxyl groups is 2. The molecule has 0 fully saturated rings. The summed E-state index contributed by atoms with van der Waals surface area (Å²) in [6.07, 6.45) is -1.02. The molecule has 1 heterocycles. The van der Waals surface area contributed by atoms with Crippen LogP contribution in [0.3, 0.4) is 0 Å². The summed E-state index contributed by atoms with van der Waals surface area (Å²) in [4.78, 5) is 11.7. The molecule has 3 nitrogen and oxygen atoms in total. The molecule has 0 radical (unpaired) electrons. The summed E-state index contributed by atoms with van der Waals surface area (Å²) >= 11 is 4.30. The van der Waals surface area contributed by atoms with Gasteiger partial charge in [0.1, 0.15) is 6.10 Å². The standard InChI is InChI=1S/C9H11BrO3S/c1-5-2-6(4-11)14-9(5)8(13)7(12)3-10/h2,4,7-8,12-13H,3H2,1H3. The Kier molecular flexibility index (Phi) is 4.25. The van der Waals surface area contributed by atoms with Crippen LogP contribution < -0.4 is 0 Å². The van der Waals surface area contributed by atoms with Crippen LogP contribution in [0.4, 0.5) is 0 Å². The normalized spacial score (nSPS) is 15.1. The number of hydrogen-bond acceptors (Lipinski definition) is 4. The van der Waals surface area contributed by atoms with Crippen LogP contribution in [0.5, 0.6) is 0 Å². The van der Waals surface area contributed by atoms with Gasteiger partial charge in [-0.1, -0.05) is 15.9 Å². The SMILES string of the molecule is Cc1cc(C=O)sc1C(O)C(O)CBr. The molecule has 0 amide bonds. The van der Waals surface area contributed by atoms with Crippen molar-refractivity contribution >= 4 is 33.6 Å². The minimum atomic E-state index is -0.923. The highest BCUT2D eigenvalue weighted by molar-refractivity contribution is 9.09. The number of thiophene rings is 1. The lowest BCUT2D eigenvalue weighted by Gasteiger charge is -2.14. The van der Waals surface area contributed by atoms with Crippen molar-refractivity contribution in [2.45, 2.75) is 19.1 Å². The van der Waals surface area contributed by atoms with E-state index >= 15 is 0 Å². The Balaban J connectivity index is 2.94. The molecule has 0 saturated heterocycles. The number of aryl methyl sites for hydroxylation is 1. The van der Waals surface area contributed by atoms with Crippen molar-refractivity contribution in [3.05, 3.63) is 21.4 Å². The van der Waals surface area contributed by atoms with Gasteiger partial charge in [-0.2, -0.15) is 0 Å². The number of carbonyl (C=O) groups is 1. The number of hydrogen-bond donors (Lipinski definition) is 2. The van der Waals surface area contributed by atoms with E-state index in [0.29, 0.717) is 15.1 Å². The fourth-order valence-corrected chi connectivity index (χ4v) is 2.52. The summed E-state index contributed by atoms with van der Waals surface area (Å²) in [5.74, 6) is 0. The molecule has 1 aromatic heterocycles. The molecule has 0 aliphatic rings. The van der Waals surface area contributed by atoms with Crippen molar-refractivity contribution in [3.63, 3.8) is 0 Å². The average Bonchev–Trinajstić information content (AvgIpc) is 2.57. The van der Waals surface area contributed by atoms with E-state index in [2.05, 4.69) is 15.9 Å². The number of carbonyl (C=O) groups excluding carboxylic acids is 1. The summed E-state index contributed by atoms with van der Waals surface area (Å²) < 4.78 is 0. The van der Waals surface area contributed by atoms with E-state index in [-0.39, 0.29) is 0 Å². The molecule has 78 valence electrons. The zero-order valence-corrected chi connectivity index (χ0v) is 10.0. The molecule has 0 aliphatic carbocycles. The van der Waals surface area contributed by atoms with E-state index in [1.54, 1.807) is 6.07 Å². The fraction of sp³-hybridized carbons (Fsp3) is 0.444. The van der Waals surface area contributed by atoms with Gasteiger partial charge in [-0.3, -0.25) is 4.79 Å². The van der Waals surface area contributed by atoms with Gasteiger partial charge in [0.05, 0.1) is 11.0 Å². The lowest BCUT2D eigenvalue weighted by Crippen LogP contribution is -2.19. The Labute approximate surface area is 94.5 Å². The van der Waals surface area contributed by atoms with Crippen LogP contribution in [0.2, 0.25) is 0 Å². The first-order valence-electron chi connectivity index (χ1n) is 4.07. The van der Waals surface area contributed by atoms with E-state index in [4.69, 9.17) is 0 Å². The number of aliphatic hydroxyl groups excluding tert-OH is 2. The van der Waals surface area contributed by atoms with Crippen LogP contribution in [-0.2, 0) is 0 Å². The van der Waals surface area contributed by atoms with Crippen LogP contribution in [0.15, 0.2) is 6.07 Å². The smallest absolute Gasteiger partial charge is 0.160 e. The van der Waals surface area contributed by atoms with Gasteiger partial charge in [0.2, 0.25) is 0 Å². The summed E-state index contributed by atoms with van der Waals surface area (Å²) in [5, 5.41) is 19.4. The molecule has 1 aromatic rings. The third-order valence-corrected chi connectivity index (χ3v) is 3.78. The van der Waals surface area contributed by atoms with Crippen molar-refractivity contribution in [2.24, 2.45) is 0 Å². The van der Waals surface area contributed by atoms with Gasteiger partial charge < -0.3 is 10.2 Å². The number of alkyl halides is 1. The van der Waals surface area contributed by atoms with Gasteiger partial charge >= 0.3 is 0 Å². The van der Waals surface area contributed by atoms with Gasteiger partial charge in [-0.15, -0.1) is 11.3 Å². The van der Waals surface area contributed by atoms with Crippen molar-refractivity contribution in [3.8, 4) is 0 Å². The largest absolute Gasteiger partial charge is 0.389 e. The Morgan fingerprint density at radius 1 is 1.64 bits per heavy atom. The Morgan fingerprint density at radius 3 is 2.71 bits per heavy atom. The van der Waals surface area contributed by atoms with Crippen molar-refractivity contribution in [1.29, 1.82) is 0 Å². The molecule has 0 bridgehead atoms. The maximum absolute atomic E-state index is 10.5. The molecule has 14 heavy (non-hydrogen) atoms. The molecule has 0 aromatic carbocycles. The molecule has 2 N–H and O–H groups in total. The maximum atomic E-state index is 10.5. The second-order valence-corrected chi connectivity index (χ2v) is 4.74. The van der Waals surface area contributed by atoms with Gasteiger partial charge in [0, 0.05) is 10.2 Å². The highest BCUT2D eigenvalue weighted by Crippen LogP contribution is 2.29. The quantitative estimate of drug-likeness (QED) is 0.651. The van der Waals surface area contributed by atoms with Crippen LogP contribution >= 0.6 is 27.3 Å². The molecule has 0 spiro atoms. The monoisotopic (exact) mass is 278 g/mol. The highest BCUT2D eigenvalue weighted by Gasteiger charge is 2.21. The fourth-order valence-electron chi connectivity index (χ4n) is 1.13. The average molecular weight is 279 g/mol. The lowest BCUT2D eigenvalue weighted by molar-refractivity contribution is 0.0362. The third kappa shape index (κ3) is 2.42. The summed E-state index contributed by atoms with van der Waals surface area (Å²) in [6, 6.07) is 1.71. The molecule has 2 unspecified atom stereocenters. The minimum absolute atomic E-state index is 0.307. The topological polar surface area (TPSA) is 57.5 Å². The third-order valence-electron chi connectivity index (χ3n) is 1.88. The summed E-state index contributed by atoms with van der Waals surface area (Å²) in [5.41, 5.74) is 0.838. The predicted molar refractivity (Wildman–Crippen MR) is 59.2 cm³/mol. The molecule has 0 aliphatic heterocycles. The molecular formula is C9H11BrO3S. The van der Waals surface area contributed by atoms with Crippen LogP contribution in [-0.4, -0.2) is 27.9 Å². The van der Waals surface area contributed by atoms with E-state index in [1.807, 2.05) is 6.92 Å². The molecule has 1 rings (SSSR count). The van der Waals surface area contributed by atoms with E-state index in [0.717, 1.165) is 11.8 Å². The zero-order chi connectivity index (χ0) is 10.7. The molecule has 5 heteroatoms. The summed E-state index contributed by atoms with van der Waals surface area (Å²) in [6.45, 7) is 1.81. The van der Waals surface area contributed by atoms with Gasteiger partial charge in [0.25, 0.3) is 0 Å². The van der Waals surface area contributed by atoms with Crippen LogP contribution in [0, 0.1) is 6.92 Å². The molecule has 2 atom stereocenters. The van der Waals surface area contributed by atoms with Gasteiger partial charge in [-0.05, 0) is 18.6 Å². The van der Waals surface area contributed by atoms with E-state index in [9.17, 15) is 15.0 Å². The second-order valence-electron chi connectivity index (χ2n) is 2.98. The lowest BCUT2D eigenvalue weighted by atomic mass is 10.1. The number of halogens is 1. The van der Waals surface area contributed by atoms with Crippen molar-refractivity contribution in [1.82, 2.24) is 0 Å². The van der Waals surface area contributed by atoms with E-state index in [1.165, 1.54) is 11.3 Å². The number of aldehydes is 1. The highest BCUT2D eigenvalue weighted by atomic mass is 79.9. The molecule has 0 saturated carbocycles. The van der Waals surface area contributed by atoms with Crippen LogP contribution in [0.25, 0.3) is 0 Å². The first-order chi connectivity index (χ1) is 6.60. The second kappa shape index (κ2) is 5.02. The molecular weight excluding hydrogens is 268 g/mol. The van der Waals surface area contributed by atoms with Crippen molar-refractivity contribution < 1.29 is 15.0 Å².